The summed E-state index contributed by atoms with van der Waals surface area (Å²) in [6.45, 7) is 2.53. The largest absolute Gasteiger partial charge is 0.494 e. The van der Waals surface area contributed by atoms with Crippen molar-refractivity contribution in [2.45, 2.75) is 44.5 Å². The predicted molar refractivity (Wildman–Crippen MR) is 128 cm³/mol. The fraction of sp³-hybridized carbons (Fsp3) is 0.440. The van der Waals surface area contributed by atoms with Crippen molar-refractivity contribution >= 4 is 11.6 Å². The molecule has 0 bridgehead atoms. The van der Waals surface area contributed by atoms with E-state index in [4.69, 9.17) is 31.3 Å². The lowest BCUT2D eigenvalue weighted by Crippen LogP contribution is -2.33. The molecular formula is C25H35ClO6. The number of rotatable bonds is 6. The maximum Gasteiger partial charge on any atom is 0.119 e. The molecule has 4 N–H and O–H groups in total. The van der Waals surface area contributed by atoms with Gasteiger partial charge in [0.15, 0.2) is 0 Å². The first-order chi connectivity index (χ1) is 15.6. The van der Waals surface area contributed by atoms with E-state index in [1.54, 1.807) is 0 Å². The van der Waals surface area contributed by atoms with Crippen LogP contribution in [0.2, 0.25) is 5.02 Å². The van der Waals surface area contributed by atoms with Crippen LogP contribution in [0.1, 0.15) is 42.6 Å². The molecule has 1 aliphatic heterocycles. The Hall–Kier alpha value is -2.11. The zero-order valence-corrected chi connectivity index (χ0v) is 19.7. The molecule has 0 saturated carbocycles. The SMILES string of the molecule is C#C.CCOc1ccc(Cc2cc([C@H]3C[C@@H](O)C[C@@H](CO)O3)ccc2Cl)cc1.CO.CO. The van der Waals surface area contributed by atoms with Crippen molar-refractivity contribution in [3.8, 4) is 18.6 Å². The Morgan fingerprint density at radius 3 is 2.22 bits per heavy atom. The van der Waals surface area contributed by atoms with Crippen molar-refractivity contribution in [1.29, 1.82) is 0 Å². The van der Waals surface area contributed by atoms with E-state index in [9.17, 15) is 10.2 Å². The summed E-state index contributed by atoms with van der Waals surface area (Å²) in [5.74, 6) is 0.857. The van der Waals surface area contributed by atoms with Gasteiger partial charge in [0.2, 0.25) is 0 Å². The van der Waals surface area contributed by atoms with Gasteiger partial charge in [0, 0.05) is 32.1 Å². The van der Waals surface area contributed by atoms with Gasteiger partial charge in [-0.15, -0.1) is 12.8 Å². The molecule has 6 nitrogen and oxygen atoms in total. The van der Waals surface area contributed by atoms with Crippen molar-refractivity contribution in [3.63, 3.8) is 0 Å². The third-order valence-corrected chi connectivity index (χ3v) is 5.02. The quantitative estimate of drug-likeness (QED) is 0.487. The average molecular weight is 467 g/mol. The first-order valence-electron chi connectivity index (χ1n) is 10.3. The van der Waals surface area contributed by atoms with E-state index >= 15 is 0 Å². The zero-order valence-electron chi connectivity index (χ0n) is 18.9. The number of hydrogen-bond donors (Lipinski definition) is 4. The molecule has 1 saturated heterocycles. The molecule has 2 aromatic carbocycles. The lowest BCUT2D eigenvalue weighted by molar-refractivity contribution is -0.113. The van der Waals surface area contributed by atoms with Crippen LogP contribution < -0.4 is 4.74 Å². The van der Waals surface area contributed by atoms with Gasteiger partial charge in [-0.05, 0) is 48.2 Å². The predicted octanol–water partition coefficient (Wildman–Crippen LogP) is 3.37. The molecule has 1 aliphatic rings. The van der Waals surface area contributed by atoms with E-state index in [1.807, 2.05) is 49.4 Å². The third kappa shape index (κ3) is 9.58. The van der Waals surface area contributed by atoms with Gasteiger partial charge in [0.05, 0.1) is 31.5 Å². The van der Waals surface area contributed by atoms with E-state index < -0.39 is 6.10 Å². The number of ether oxygens (including phenoxy) is 2. The Bertz CT molecular complexity index is 763. The number of terminal acetylenes is 1. The van der Waals surface area contributed by atoms with Crippen LogP contribution in [0.3, 0.4) is 0 Å². The van der Waals surface area contributed by atoms with Crippen LogP contribution in [0, 0.1) is 12.8 Å². The number of halogens is 1. The van der Waals surface area contributed by atoms with Gasteiger partial charge in [-0.1, -0.05) is 35.9 Å². The topological polar surface area (TPSA) is 99.4 Å². The van der Waals surface area contributed by atoms with E-state index in [0.717, 1.165) is 36.7 Å². The average Bonchev–Trinajstić information content (AvgIpc) is 2.85. The summed E-state index contributed by atoms with van der Waals surface area (Å²) < 4.78 is 11.4. The van der Waals surface area contributed by atoms with Crippen molar-refractivity contribution in [3.05, 3.63) is 64.2 Å². The van der Waals surface area contributed by atoms with E-state index in [1.165, 1.54) is 0 Å². The van der Waals surface area contributed by atoms with E-state index in [2.05, 4.69) is 12.8 Å². The van der Waals surface area contributed by atoms with E-state index in [0.29, 0.717) is 30.9 Å². The smallest absolute Gasteiger partial charge is 0.119 e. The highest BCUT2D eigenvalue weighted by Crippen LogP contribution is 2.33. The van der Waals surface area contributed by atoms with Gasteiger partial charge < -0.3 is 29.9 Å². The molecule has 0 spiro atoms. The van der Waals surface area contributed by atoms with Crippen LogP contribution in [0.5, 0.6) is 5.75 Å². The lowest BCUT2D eigenvalue weighted by atomic mass is 9.94. The summed E-state index contributed by atoms with van der Waals surface area (Å²) in [4.78, 5) is 0. The van der Waals surface area contributed by atoms with Crippen LogP contribution in [0.4, 0.5) is 0 Å². The summed E-state index contributed by atoms with van der Waals surface area (Å²) in [5.41, 5.74) is 3.13. The highest BCUT2D eigenvalue weighted by molar-refractivity contribution is 6.31. The molecule has 7 heteroatoms. The van der Waals surface area contributed by atoms with Crippen molar-refractivity contribution < 1.29 is 29.9 Å². The molecule has 2 aromatic rings. The van der Waals surface area contributed by atoms with Gasteiger partial charge >= 0.3 is 0 Å². The van der Waals surface area contributed by atoms with Crippen LogP contribution >= 0.6 is 11.6 Å². The number of benzene rings is 2. The Labute approximate surface area is 196 Å². The van der Waals surface area contributed by atoms with Gasteiger partial charge in [-0.25, -0.2) is 0 Å². The molecule has 1 fully saturated rings. The fourth-order valence-corrected chi connectivity index (χ4v) is 3.53. The second-order valence-electron chi connectivity index (χ2n) is 6.66. The second-order valence-corrected chi connectivity index (χ2v) is 7.07. The summed E-state index contributed by atoms with van der Waals surface area (Å²) in [7, 11) is 2.00. The van der Waals surface area contributed by atoms with Gasteiger partial charge in [-0.2, -0.15) is 0 Å². The molecule has 0 aliphatic carbocycles. The summed E-state index contributed by atoms with van der Waals surface area (Å²) in [6, 6.07) is 13.8. The van der Waals surface area contributed by atoms with Crippen LogP contribution in [0.25, 0.3) is 0 Å². The van der Waals surface area contributed by atoms with Gasteiger partial charge in [0.25, 0.3) is 0 Å². The first kappa shape index (κ1) is 29.9. The Balaban J connectivity index is 0.00000148. The first-order valence-corrected chi connectivity index (χ1v) is 10.6. The van der Waals surface area contributed by atoms with E-state index in [-0.39, 0.29) is 18.8 Å². The maximum absolute atomic E-state index is 10.0. The zero-order chi connectivity index (χ0) is 24.5. The third-order valence-electron chi connectivity index (χ3n) is 4.65. The molecule has 178 valence electrons. The number of aliphatic hydroxyl groups excluding tert-OH is 4. The van der Waals surface area contributed by atoms with Gasteiger partial charge in [-0.3, -0.25) is 0 Å². The molecule has 1 heterocycles. The Kier molecular flexibility index (Phi) is 16.3. The molecule has 0 amide bonds. The highest BCUT2D eigenvalue weighted by Gasteiger charge is 2.29. The molecular weight excluding hydrogens is 432 g/mol. The molecule has 0 unspecified atom stereocenters. The minimum atomic E-state index is -0.462. The van der Waals surface area contributed by atoms with Crippen LogP contribution in [0.15, 0.2) is 42.5 Å². The van der Waals surface area contributed by atoms with Crippen LogP contribution in [-0.4, -0.2) is 60.1 Å². The van der Waals surface area contributed by atoms with Crippen molar-refractivity contribution in [2.24, 2.45) is 0 Å². The monoisotopic (exact) mass is 466 g/mol. The van der Waals surface area contributed by atoms with Crippen LogP contribution in [-0.2, 0) is 11.2 Å². The summed E-state index contributed by atoms with van der Waals surface area (Å²) in [5, 5.41) is 34.1. The molecule has 0 aromatic heterocycles. The number of aliphatic hydroxyl groups is 4. The molecule has 3 atom stereocenters. The molecule has 32 heavy (non-hydrogen) atoms. The normalized spacial score (nSPS) is 19.1. The van der Waals surface area contributed by atoms with Crippen molar-refractivity contribution in [1.82, 2.24) is 0 Å². The summed E-state index contributed by atoms with van der Waals surface area (Å²) in [6.07, 6.45) is 8.69. The highest BCUT2D eigenvalue weighted by atomic mass is 35.5. The molecule has 0 radical (unpaired) electrons. The second kappa shape index (κ2) is 17.4. The summed E-state index contributed by atoms with van der Waals surface area (Å²) >= 11 is 6.40. The minimum Gasteiger partial charge on any atom is -0.494 e. The fourth-order valence-electron chi connectivity index (χ4n) is 3.34. The minimum absolute atomic E-state index is 0.0831. The lowest BCUT2D eigenvalue weighted by Gasteiger charge is -2.32. The van der Waals surface area contributed by atoms with Crippen molar-refractivity contribution in [2.75, 3.05) is 27.4 Å². The van der Waals surface area contributed by atoms with Gasteiger partial charge in [0.1, 0.15) is 5.75 Å². The Morgan fingerprint density at radius 2 is 1.66 bits per heavy atom. The maximum atomic E-state index is 10.0. The Morgan fingerprint density at radius 1 is 1.03 bits per heavy atom. The molecule has 3 rings (SSSR count). The standard InChI is InChI=1S/C21H25ClO4.C2H2.2CH4O/c1-2-25-18-6-3-14(4-7-18)9-16-10-15(5-8-20(16)22)21-12-17(24)11-19(13-23)26-21;3*1-2/h3-8,10,17,19,21,23-24H,2,9,11-13H2,1H3;1-2H;2*2H,1H3/t17-,19-,21+;;;/m0.../s1. The number of hydrogen-bond acceptors (Lipinski definition) is 6.